The highest BCUT2D eigenvalue weighted by Crippen LogP contribution is 2.34. The van der Waals surface area contributed by atoms with Gasteiger partial charge in [0, 0.05) is 23.2 Å². The van der Waals surface area contributed by atoms with Crippen LogP contribution in [-0.2, 0) is 0 Å². The Balaban J connectivity index is 1.50. The number of nitrogens with zero attached hydrogens (tertiary/aromatic N) is 6. The number of aromatic nitrogens is 6. The third-order valence-electron chi connectivity index (χ3n) is 5.26. The molecule has 6 rings (SSSR count). The molecule has 0 unspecified atom stereocenters. The van der Waals surface area contributed by atoms with Gasteiger partial charge >= 0.3 is 6.01 Å². The fourth-order valence-electron chi connectivity index (χ4n) is 3.90. The fourth-order valence-corrected chi connectivity index (χ4v) is 3.90. The third-order valence-corrected chi connectivity index (χ3v) is 5.26. The van der Waals surface area contributed by atoms with Gasteiger partial charge < -0.3 is 4.74 Å². The van der Waals surface area contributed by atoms with Gasteiger partial charge in [0.15, 0.2) is 0 Å². The van der Waals surface area contributed by atoms with Crippen molar-refractivity contribution in [3.8, 4) is 28.8 Å². The van der Waals surface area contributed by atoms with Gasteiger partial charge in [0.05, 0.1) is 23.4 Å². The van der Waals surface area contributed by atoms with Crippen molar-refractivity contribution in [1.29, 1.82) is 0 Å². The molecule has 0 atom stereocenters. The molecule has 0 bridgehead atoms. The highest BCUT2D eigenvalue weighted by Gasteiger charge is 2.14. The second-order valence-electron chi connectivity index (χ2n) is 7.19. The van der Waals surface area contributed by atoms with Crippen LogP contribution in [-0.4, -0.2) is 29.7 Å². The number of benzene rings is 3. The lowest BCUT2D eigenvalue weighted by molar-refractivity contribution is 0.433. The van der Waals surface area contributed by atoms with Crippen LogP contribution in [0.3, 0.4) is 0 Å². The molecule has 0 spiro atoms. The molecule has 3 aromatic carbocycles. The van der Waals surface area contributed by atoms with Gasteiger partial charge in [-0.25, -0.2) is 15.0 Å². The van der Waals surface area contributed by atoms with Gasteiger partial charge in [-0.15, -0.1) is 0 Å². The molecular weight excluding hydrogens is 400 g/mol. The van der Waals surface area contributed by atoms with Crippen molar-refractivity contribution < 1.29 is 4.74 Å². The smallest absolute Gasteiger partial charge is 0.341 e. The molecule has 0 aliphatic rings. The van der Waals surface area contributed by atoms with E-state index < -0.39 is 0 Å². The van der Waals surface area contributed by atoms with Crippen molar-refractivity contribution in [3.63, 3.8) is 0 Å². The van der Waals surface area contributed by atoms with E-state index in [2.05, 4.69) is 60.0 Å². The summed E-state index contributed by atoms with van der Waals surface area (Å²) in [5.41, 5.74) is 4.17. The van der Waals surface area contributed by atoms with Gasteiger partial charge in [-0.3, -0.25) is 4.57 Å². The summed E-state index contributed by atoms with van der Waals surface area (Å²) in [7, 11) is 0. The largest absolute Gasteiger partial charge is 0.423 e. The predicted octanol–water partition coefficient (Wildman–Crippen LogP) is 5.22. The zero-order valence-corrected chi connectivity index (χ0v) is 16.8. The van der Waals surface area contributed by atoms with Crippen molar-refractivity contribution in [2.75, 3.05) is 0 Å². The Morgan fingerprint density at radius 2 is 1.47 bits per heavy atom. The van der Waals surface area contributed by atoms with Crippen LogP contribution in [0.5, 0.6) is 11.8 Å². The van der Waals surface area contributed by atoms with Crippen LogP contribution in [0.25, 0.3) is 38.9 Å². The summed E-state index contributed by atoms with van der Waals surface area (Å²) in [5, 5.41) is 9.99. The maximum absolute atomic E-state index is 5.76. The molecule has 0 radical (unpaired) electrons. The van der Waals surface area contributed by atoms with Crippen molar-refractivity contribution in [1.82, 2.24) is 29.7 Å². The Kier molecular flexibility index (Phi) is 4.28. The first-order valence-electron chi connectivity index (χ1n) is 10.1. The number of fused-ring (bicyclic) bond motifs is 3. The van der Waals surface area contributed by atoms with Crippen LogP contribution in [0.4, 0.5) is 0 Å². The zero-order chi connectivity index (χ0) is 21.3. The number of hydrogen-bond acceptors (Lipinski definition) is 6. The Hall–Kier alpha value is -4.65. The molecule has 0 N–H and O–H groups in total. The minimum absolute atomic E-state index is 0.210. The molecule has 32 heavy (non-hydrogen) atoms. The average Bonchev–Trinajstić information content (AvgIpc) is 3.19. The highest BCUT2D eigenvalue weighted by molar-refractivity contribution is 6.09. The van der Waals surface area contributed by atoms with Crippen LogP contribution in [0.15, 0.2) is 97.6 Å². The fraction of sp³-hybridized carbons (Fsp3) is 0. The first-order chi connectivity index (χ1) is 15.9. The number of rotatable bonds is 4. The standard InChI is InChI=1S/C25H16N6O/c1-2-8-22-20(7-1)21-10-9-18(16-23(21)31(22)24-26-11-4-12-27-24)17-5-3-6-19(15-17)32-25-28-13-14-29-30-25/h1-16H. The minimum Gasteiger partial charge on any atom is -0.423 e. The molecule has 0 saturated heterocycles. The average molecular weight is 416 g/mol. The summed E-state index contributed by atoms with van der Waals surface area (Å²) < 4.78 is 7.85. The van der Waals surface area contributed by atoms with Gasteiger partial charge in [0.2, 0.25) is 5.95 Å². The molecule has 0 fully saturated rings. The number of ether oxygens (including phenoxy) is 1. The third kappa shape index (κ3) is 3.13. The molecule has 3 aromatic heterocycles. The molecule has 7 nitrogen and oxygen atoms in total. The molecule has 3 heterocycles. The van der Waals surface area contributed by atoms with E-state index in [1.165, 1.54) is 6.20 Å². The van der Waals surface area contributed by atoms with Crippen LogP contribution >= 0.6 is 0 Å². The van der Waals surface area contributed by atoms with E-state index in [0.717, 1.165) is 32.9 Å². The molecule has 0 saturated carbocycles. The maximum Gasteiger partial charge on any atom is 0.341 e. The van der Waals surface area contributed by atoms with Crippen LogP contribution in [0, 0.1) is 0 Å². The van der Waals surface area contributed by atoms with E-state index in [1.54, 1.807) is 18.6 Å². The summed E-state index contributed by atoms with van der Waals surface area (Å²) in [6, 6.07) is 24.6. The normalized spacial score (nSPS) is 11.1. The number of para-hydroxylation sites is 1. The van der Waals surface area contributed by atoms with Crippen molar-refractivity contribution in [2.24, 2.45) is 0 Å². The first-order valence-corrected chi connectivity index (χ1v) is 10.1. The van der Waals surface area contributed by atoms with E-state index in [4.69, 9.17) is 4.74 Å². The lowest BCUT2D eigenvalue weighted by atomic mass is 10.0. The Bertz CT molecular complexity index is 1550. The van der Waals surface area contributed by atoms with E-state index in [-0.39, 0.29) is 6.01 Å². The second-order valence-corrected chi connectivity index (χ2v) is 7.19. The lowest BCUT2D eigenvalue weighted by Crippen LogP contribution is -1.99. The van der Waals surface area contributed by atoms with Crippen molar-refractivity contribution >= 4 is 21.8 Å². The summed E-state index contributed by atoms with van der Waals surface area (Å²) in [5.74, 6) is 1.28. The van der Waals surface area contributed by atoms with Crippen molar-refractivity contribution in [2.45, 2.75) is 0 Å². The van der Waals surface area contributed by atoms with Crippen LogP contribution in [0.1, 0.15) is 0 Å². The predicted molar refractivity (Wildman–Crippen MR) is 122 cm³/mol. The van der Waals surface area contributed by atoms with Gasteiger partial charge in [-0.2, -0.15) is 5.10 Å². The molecule has 7 heteroatoms. The van der Waals surface area contributed by atoms with Crippen molar-refractivity contribution in [3.05, 3.63) is 97.6 Å². The SMILES string of the molecule is c1cnc(-n2c3ccccc3c3ccc(-c4cccc(Oc5nccnn5)c4)cc32)nc1. The number of hydrogen-bond donors (Lipinski definition) is 0. The van der Waals surface area contributed by atoms with Gasteiger partial charge in [0.1, 0.15) is 5.75 Å². The van der Waals surface area contributed by atoms with E-state index in [1.807, 2.05) is 42.5 Å². The van der Waals surface area contributed by atoms with Gasteiger partial charge in [-0.1, -0.05) is 47.6 Å². The summed E-state index contributed by atoms with van der Waals surface area (Å²) in [6.45, 7) is 0. The molecular formula is C25H16N6O. The highest BCUT2D eigenvalue weighted by atomic mass is 16.5. The maximum atomic E-state index is 5.76. The van der Waals surface area contributed by atoms with Crippen LogP contribution in [0.2, 0.25) is 0 Å². The molecule has 0 aliphatic heterocycles. The Morgan fingerprint density at radius 3 is 2.34 bits per heavy atom. The summed E-state index contributed by atoms with van der Waals surface area (Å²) in [6.07, 6.45) is 6.57. The quantitative estimate of drug-likeness (QED) is 0.392. The summed E-state index contributed by atoms with van der Waals surface area (Å²) >= 11 is 0. The molecule has 0 amide bonds. The summed E-state index contributed by atoms with van der Waals surface area (Å²) in [4.78, 5) is 13.1. The van der Waals surface area contributed by atoms with Crippen LogP contribution < -0.4 is 4.74 Å². The van der Waals surface area contributed by atoms with E-state index in [0.29, 0.717) is 11.7 Å². The molecule has 0 aliphatic carbocycles. The Labute approximate surface area is 183 Å². The molecule has 6 aromatic rings. The Morgan fingerprint density at radius 1 is 0.625 bits per heavy atom. The zero-order valence-electron chi connectivity index (χ0n) is 16.8. The van der Waals surface area contributed by atoms with E-state index >= 15 is 0 Å². The monoisotopic (exact) mass is 416 g/mol. The topological polar surface area (TPSA) is 78.6 Å². The second kappa shape index (κ2) is 7.55. The van der Waals surface area contributed by atoms with Gasteiger partial charge in [-0.05, 0) is 41.5 Å². The minimum atomic E-state index is 0.210. The first kappa shape index (κ1) is 18.1. The van der Waals surface area contributed by atoms with Gasteiger partial charge in [0.25, 0.3) is 0 Å². The van der Waals surface area contributed by atoms with E-state index in [9.17, 15) is 0 Å². The molecule has 152 valence electrons. The lowest BCUT2D eigenvalue weighted by Gasteiger charge is -2.08.